The Morgan fingerprint density at radius 1 is 1.28 bits per heavy atom. The zero-order chi connectivity index (χ0) is 13.3. The second-order valence-corrected chi connectivity index (χ2v) is 4.65. The molecule has 94 valence electrons. The van der Waals surface area contributed by atoms with Gasteiger partial charge in [0.15, 0.2) is 5.82 Å². The van der Waals surface area contributed by atoms with E-state index in [1.54, 1.807) is 12.3 Å². The molecule has 0 spiro atoms. The van der Waals surface area contributed by atoms with E-state index >= 15 is 0 Å². The first-order valence-electron chi connectivity index (χ1n) is 5.88. The Hall–Kier alpha value is -1.97. The van der Waals surface area contributed by atoms with Crippen molar-refractivity contribution in [2.24, 2.45) is 0 Å². The van der Waals surface area contributed by atoms with E-state index in [1.807, 2.05) is 20.8 Å². The quantitative estimate of drug-likeness (QED) is 0.883. The molecular formula is C14H16FN3. The highest BCUT2D eigenvalue weighted by Gasteiger charge is 2.11. The number of halogens is 1. The summed E-state index contributed by atoms with van der Waals surface area (Å²) in [6.07, 6.45) is 1.59. The van der Waals surface area contributed by atoms with E-state index in [9.17, 15) is 4.39 Å². The van der Waals surface area contributed by atoms with Gasteiger partial charge in [0.2, 0.25) is 0 Å². The van der Waals surface area contributed by atoms with Gasteiger partial charge in [-0.1, -0.05) is 19.9 Å². The van der Waals surface area contributed by atoms with Crippen LogP contribution in [0.3, 0.4) is 0 Å². The van der Waals surface area contributed by atoms with E-state index in [-0.39, 0.29) is 11.7 Å². The zero-order valence-electron chi connectivity index (χ0n) is 10.7. The van der Waals surface area contributed by atoms with Crippen LogP contribution in [0.2, 0.25) is 0 Å². The first-order chi connectivity index (χ1) is 8.49. The summed E-state index contributed by atoms with van der Waals surface area (Å²) in [5, 5.41) is 0. The molecular weight excluding hydrogens is 229 g/mol. The summed E-state index contributed by atoms with van der Waals surface area (Å²) < 4.78 is 13.3. The molecule has 2 N–H and O–H groups in total. The predicted molar refractivity (Wildman–Crippen MR) is 70.7 cm³/mol. The van der Waals surface area contributed by atoms with Gasteiger partial charge in [-0.2, -0.15) is 0 Å². The number of hydrogen-bond donors (Lipinski definition) is 1. The van der Waals surface area contributed by atoms with Crippen LogP contribution in [0.1, 0.15) is 31.0 Å². The molecule has 1 aromatic carbocycles. The topological polar surface area (TPSA) is 51.8 Å². The van der Waals surface area contributed by atoms with Gasteiger partial charge in [-0.05, 0) is 30.5 Å². The molecule has 2 rings (SSSR count). The second-order valence-electron chi connectivity index (χ2n) is 4.65. The summed E-state index contributed by atoms with van der Waals surface area (Å²) in [7, 11) is 0. The number of aromatic nitrogens is 2. The van der Waals surface area contributed by atoms with Crippen molar-refractivity contribution in [1.29, 1.82) is 0 Å². The summed E-state index contributed by atoms with van der Waals surface area (Å²) in [6.45, 7) is 5.94. The molecule has 3 nitrogen and oxygen atoms in total. The van der Waals surface area contributed by atoms with Crippen LogP contribution >= 0.6 is 0 Å². The van der Waals surface area contributed by atoms with Crippen molar-refractivity contribution < 1.29 is 4.39 Å². The number of anilines is 1. The lowest BCUT2D eigenvalue weighted by Crippen LogP contribution is -2.04. The molecule has 0 aliphatic rings. The molecule has 1 heterocycles. The fourth-order valence-corrected chi connectivity index (χ4v) is 1.83. The van der Waals surface area contributed by atoms with Crippen molar-refractivity contribution in [2.45, 2.75) is 26.7 Å². The fourth-order valence-electron chi connectivity index (χ4n) is 1.83. The van der Waals surface area contributed by atoms with E-state index in [0.29, 0.717) is 17.1 Å². The van der Waals surface area contributed by atoms with Gasteiger partial charge in [-0.15, -0.1) is 0 Å². The van der Waals surface area contributed by atoms with Gasteiger partial charge in [0, 0.05) is 5.56 Å². The van der Waals surface area contributed by atoms with Crippen molar-refractivity contribution >= 4 is 5.69 Å². The zero-order valence-corrected chi connectivity index (χ0v) is 10.7. The van der Waals surface area contributed by atoms with Gasteiger partial charge in [0.25, 0.3) is 0 Å². The predicted octanol–water partition coefficient (Wildman–Crippen LogP) is 3.30. The Labute approximate surface area is 106 Å². The van der Waals surface area contributed by atoms with Crippen LogP contribution in [0.5, 0.6) is 0 Å². The van der Waals surface area contributed by atoms with Crippen LogP contribution in [0, 0.1) is 12.7 Å². The van der Waals surface area contributed by atoms with Gasteiger partial charge in [-0.25, -0.2) is 14.4 Å². The fraction of sp³-hybridized carbons (Fsp3) is 0.286. The van der Waals surface area contributed by atoms with Gasteiger partial charge < -0.3 is 5.73 Å². The van der Waals surface area contributed by atoms with Gasteiger partial charge in [0.05, 0.1) is 17.6 Å². The maximum absolute atomic E-state index is 13.3. The number of nitrogen functional groups attached to an aromatic ring is 1. The lowest BCUT2D eigenvalue weighted by Gasteiger charge is -2.11. The monoisotopic (exact) mass is 245 g/mol. The Morgan fingerprint density at radius 2 is 2.00 bits per heavy atom. The van der Waals surface area contributed by atoms with Crippen molar-refractivity contribution in [3.8, 4) is 11.4 Å². The number of hydrogen-bond acceptors (Lipinski definition) is 3. The highest BCUT2D eigenvalue weighted by Crippen LogP contribution is 2.25. The molecule has 1 aromatic heterocycles. The molecule has 0 fully saturated rings. The number of nitrogens with two attached hydrogens (primary N) is 1. The molecule has 0 radical (unpaired) electrons. The number of nitrogens with zero attached hydrogens (tertiary/aromatic N) is 2. The highest BCUT2D eigenvalue weighted by molar-refractivity contribution is 5.61. The van der Waals surface area contributed by atoms with Crippen LogP contribution in [-0.4, -0.2) is 9.97 Å². The van der Waals surface area contributed by atoms with Crippen LogP contribution < -0.4 is 5.73 Å². The molecule has 18 heavy (non-hydrogen) atoms. The summed E-state index contributed by atoms with van der Waals surface area (Å²) in [4.78, 5) is 8.63. The van der Waals surface area contributed by atoms with Crippen LogP contribution in [0.25, 0.3) is 11.4 Å². The lowest BCUT2D eigenvalue weighted by atomic mass is 10.1. The summed E-state index contributed by atoms with van der Waals surface area (Å²) in [6, 6.07) is 4.60. The molecule has 0 aliphatic heterocycles. The third-order valence-corrected chi connectivity index (χ3v) is 2.84. The molecule has 0 saturated carbocycles. The molecule has 4 heteroatoms. The number of benzene rings is 1. The third-order valence-electron chi connectivity index (χ3n) is 2.84. The molecule has 0 amide bonds. The number of aryl methyl sites for hydroxylation is 1. The van der Waals surface area contributed by atoms with Crippen LogP contribution in [0.15, 0.2) is 24.4 Å². The standard InChI is InChI=1S/C14H16FN3/c1-8(2)13-12(16)7-17-14(18-13)11-6-10(15)5-4-9(11)3/h4-8H,16H2,1-3H3. The average Bonchev–Trinajstić information content (AvgIpc) is 2.33. The van der Waals surface area contributed by atoms with Crippen molar-refractivity contribution in [2.75, 3.05) is 5.73 Å². The molecule has 0 aliphatic carbocycles. The Kier molecular flexibility index (Phi) is 3.28. The molecule has 2 aromatic rings. The normalized spacial score (nSPS) is 10.9. The van der Waals surface area contributed by atoms with Crippen molar-refractivity contribution in [3.63, 3.8) is 0 Å². The number of rotatable bonds is 2. The van der Waals surface area contributed by atoms with Gasteiger partial charge in [0.1, 0.15) is 5.82 Å². The smallest absolute Gasteiger partial charge is 0.159 e. The highest BCUT2D eigenvalue weighted by atomic mass is 19.1. The summed E-state index contributed by atoms with van der Waals surface area (Å²) in [5.41, 5.74) is 8.85. The first kappa shape index (κ1) is 12.5. The molecule has 0 atom stereocenters. The molecule has 0 bridgehead atoms. The van der Waals surface area contributed by atoms with E-state index in [2.05, 4.69) is 9.97 Å². The first-order valence-corrected chi connectivity index (χ1v) is 5.88. The Balaban J connectivity index is 2.57. The maximum atomic E-state index is 13.3. The Morgan fingerprint density at radius 3 is 2.67 bits per heavy atom. The minimum absolute atomic E-state index is 0.209. The van der Waals surface area contributed by atoms with Crippen molar-refractivity contribution in [1.82, 2.24) is 9.97 Å². The Bertz CT molecular complexity index is 579. The largest absolute Gasteiger partial charge is 0.396 e. The minimum Gasteiger partial charge on any atom is -0.396 e. The average molecular weight is 245 g/mol. The van der Waals surface area contributed by atoms with E-state index in [1.165, 1.54) is 12.1 Å². The third kappa shape index (κ3) is 2.32. The van der Waals surface area contributed by atoms with Gasteiger partial charge >= 0.3 is 0 Å². The van der Waals surface area contributed by atoms with Gasteiger partial charge in [-0.3, -0.25) is 0 Å². The van der Waals surface area contributed by atoms with E-state index in [0.717, 1.165) is 11.3 Å². The van der Waals surface area contributed by atoms with E-state index < -0.39 is 0 Å². The second kappa shape index (κ2) is 4.72. The molecule has 0 unspecified atom stereocenters. The van der Waals surface area contributed by atoms with Crippen molar-refractivity contribution in [3.05, 3.63) is 41.5 Å². The minimum atomic E-state index is -0.290. The van der Waals surface area contributed by atoms with Crippen LogP contribution in [-0.2, 0) is 0 Å². The SMILES string of the molecule is Cc1ccc(F)cc1-c1ncc(N)c(C(C)C)n1. The summed E-state index contributed by atoms with van der Waals surface area (Å²) >= 11 is 0. The maximum Gasteiger partial charge on any atom is 0.159 e. The van der Waals surface area contributed by atoms with E-state index in [4.69, 9.17) is 5.73 Å². The lowest BCUT2D eigenvalue weighted by molar-refractivity contribution is 0.627. The molecule has 0 saturated heterocycles. The summed E-state index contributed by atoms with van der Waals surface area (Å²) in [5.74, 6) is 0.438. The van der Waals surface area contributed by atoms with Crippen LogP contribution in [0.4, 0.5) is 10.1 Å².